The third-order valence-corrected chi connectivity index (χ3v) is 7.69. The van der Waals surface area contributed by atoms with Crippen LogP contribution in [0.5, 0.6) is 0 Å². The maximum absolute atomic E-state index is 12.6. The summed E-state index contributed by atoms with van der Waals surface area (Å²) in [6.45, 7) is 4.10. The molecule has 2 aromatic carbocycles. The van der Waals surface area contributed by atoms with Gasteiger partial charge in [0.25, 0.3) is 0 Å². The van der Waals surface area contributed by atoms with Crippen molar-refractivity contribution in [1.29, 1.82) is 0 Å². The molecule has 0 spiro atoms. The van der Waals surface area contributed by atoms with E-state index in [2.05, 4.69) is 13.0 Å². The highest BCUT2D eigenvalue weighted by Crippen LogP contribution is 2.30. The van der Waals surface area contributed by atoms with Gasteiger partial charge in [-0.3, -0.25) is 0 Å². The number of thiazole rings is 1. The normalized spacial score (nSPS) is 12.8. The molecule has 1 heterocycles. The Hall–Kier alpha value is -1.93. The van der Waals surface area contributed by atoms with Gasteiger partial charge in [-0.1, -0.05) is 35.4 Å². The summed E-state index contributed by atoms with van der Waals surface area (Å²) in [6.07, 6.45) is 0. The van der Waals surface area contributed by atoms with Crippen molar-refractivity contribution in [3.05, 3.63) is 62.7 Å². The maximum atomic E-state index is 12.6. The lowest BCUT2D eigenvalue weighted by atomic mass is 10.1. The van der Waals surface area contributed by atoms with Crippen molar-refractivity contribution in [2.45, 2.75) is 18.7 Å². The van der Waals surface area contributed by atoms with Crippen molar-refractivity contribution in [2.75, 3.05) is 14.1 Å². The molecule has 3 rings (SSSR count). The van der Waals surface area contributed by atoms with Crippen LogP contribution in [0.15, 0.2) is 51.7 Å². The Morgan fingerprint density at radius 1 is 1.11 bits per heavy atom. The number of hydrogen-bond donors (Lipinski definition) is 0. The number of halogens is 1. The molecule has 148 valence electrons. The molecular weight excluding hydrogens is 414 g/mol. The van der Waals surface area contributed by atoms with Gasteiger partial charge >= 0.3 is 0 Å². The first-order valence-corrected chi connectivity index (χ1v) is 11.3. The molecule has 0 N–H and O–H groups in total. The van der Waals surface area contributed by atoms with Crippen LogP contribution in [0.1, 0.15) is 11.1 Å². The van der Waals surface area contributed by atoms with Crippen LogP contribution in [0.25, 0.3) is 11.3 Å². The second-order valence-corrected chi connectivity index (χ2v) is 10.2. The van der Waals surface area contributed by atoms with Gasteiger partial charge in [0.15, 0.2) is 4.80 Å². The highest BCUT2D eigenvalue weighted by Gasteiger charge is 2.22. The van der Waals surface area contributed by atoms with Crippen molar-refractivity contribution in [3.8, 4) is 11.3 Å². The van der Waals surface area contributed by atoms with E-state index in [0.29, 0.717) is 0 Å². The average Bonchev–Trinajstić information content (AvgIpc) is 2.98. The largest absolute Gasteiger partial charge is 0.320 e. The number of aryl methyl sites for hydroxylation is 2. The molecule has 0 aliphatic heterocycles. The second-order valence-electron chi connectivity index (χ2n) is 6.80. The van der Waals surface area contributed by atoms with Gasteiger partial charge in [-0.2, -0.15) is 0 Å². The summed E-state index contributed by atoms with van der Waals surface area (Å²) in [6, 6.07) is 11.2. The van der Waals surface area contributed by atoms with Gasteiger partial charge in [0.05, 0.1) is 16.4 Å². The molecule has 0 unspecified atom stereocenters. The van der Waals surface area contributed by atoms with Crippen molar-refractivity contribution in [3.63, 3.8) is 0 Å². The minimum Gasteiger partial charge on any atom is -0.320 e. The molecule has 0 radical (unpaired) electrons. The third kappa shape index (κ3) is 3.93. The summed E-state index contributed by atoms with van der Waals surface area (Å²) in [7, 11) is 1.27. The molecule has 0 amide bonds. The zero-order valence-electron chi connectivity index (χ0n) is 16.4. The van der Waals surface area contributed by atoms with Crippen molar-refractivity contribution in [1.82, 2.24) is 8.87 Å². The molecule has 0 fully saturated rings. The summed E-state index contributed by atoms with van der Waals surface area (Å²) < 4.78 is 28.2. The topological polar surface area (TPSA) is 54.7 Å². The zero-order valence-corrected chi connectivity index (χ0v) is 18.8. The SMILES string of the molecule is Cc1ccc(/N=c2/scc(-c3ccc(Cl)c(S(=O)(=O)N(C)C)c3)n2C)c(C)c1. The fourth-order valence-corrected chi connectivity index (χ4v) is 5.14. The van der Waals surface area contributed by atoms with E-state index < -0.39 is 10.0 Å². The van der Waals surface area contributed by atoms with Crippen LogP contribution >= 0.6 is 22.9 Å². The van der Waals surface area contributed by atoms with Gasteiger partial charge in [-0.05, 0) is 37.6 Å². The van der Waals surface area contributed by atoms with Gasteiger partial charge in [0, 0.05) is 32.1 Å². The summed E-state index contributed by atoms with van der Waals surface area (Å²) in [5, 5.41) is 2.17. The summed E-state index contributed by atoms with van der Waals surface area (Å²) >= 11 is 7.67. The second kappa shape index (κ2) is 7.83. The lowest BCUT2D eigenvalue weighted by molar-refractivity contribution is 0.521. The van der Waals surface area contributed by atoms with Gasteiger partial charge in [0.1, 0.15) is 4.90 Å². The molecule has 0 atom stereocenters. The summed E-state index contributed by atoms with van der Waals surface area (Å²) in [5.74, 6) is 0. The molecular formula is C20H22ClN3O2S2. The molecule has 0 aliphatic carbocycles. The number of rotatable bonds is 4. The molecule has 1 aromatic heterocycles. The van der Waals surface area contributed by atoms with E-state index in [4.69, 9.17) is 16.6 Å². The zero-order chi connectivity index (χ0) is 20.6. The Balaban J connectivity index is 2.11. The Morgan fingerprint density at radius 3 is 2.46 bits per heavy atom. The molecule has 0 aliphatic rings. The first-order chi connectivity index (χ1) is 13.1. The van der Waals surface area contributed by atoms with E-state index in [1.807, 2.05) is 42.1 Å². The molecule has 0 saturated heterocycles. The average molecular weight is 436 g/mol. The number of benzene rings is 2. The number of hydrogen-bond acceptors (Lipinski definition) is 4. The predicted molar refractivity (Wildman–Crippen MR) is 116 cm³/mol. The highest BCUT2D eigenvalue weighted by atomic mass is 35.5. The van der Waals surface area contributed by atoms with Crippen molar-refractivity contribution < 1.29 is 8.42 Å². The molecule has 0 saturated carbocycles. The van der Waals surface area contributed by atoms with Crippen molar-refractivity contribution in [2.24, 2.45) is 12.0 Å². The Bertz CT molecular complexity index is 1210. The van der Waals surface area contributed by atoms with E-state index in [1.54, 1.807) is 12.1 Å². The Labute approximate surface area is 174 Å². The maximum Gasteiger partial charge on any atom is 0.244 e. The molecule has 5 nitrogen and oxygen atoms in total. The molecule has 8 heteroatoms. The number of nitrogens with zero attached hydrogens (tertiary/aromatic N) is 3. The Morgan fingerprint density at radius 2 is 1.82 bits per heavy atom. The van der Waals surface area contributed by atoms with Crippen LogP contribution < -0.4 is 4.80 Å². The van der Waals surface area contributed by atoms with Gasteiger partial charge in [0.2, 0.25) is 10.0 Å². The fraction of sp³-hybridized carbons (Fsp3) is 0.250. The van der Waals surface area contributed by atoms with Gasteiger partial charge < -0.3 is 4.57 Å². The van der Waals surface area contributed by atoms with Crippen LogP contribution in [-0.4, -0.2) is 31.4 Å². The predicted octanol–water partition coefficient (Wildman–Crippen LogP) is 4.51. The van der Waals surface area contributed by atoms with E-state index >= 15 is 0 Å². The fourth-order valence-electron chi connectivity index (χ4n) is 2.82. The smallest absolute Gasteiger partial charge is 0.244 e. The first-order valence-electron chi connectivity index (χ1n) is 8.60. The lowest BCUT2D eigenvalue weighted by Gasteiger charge is -2.14. The minimum absolute atomic E-state index is 0.0933. The van der Waals surface area contributed by atoms with E-state index in [9.17, 15) is 8.42 Å². The summed E-state index contributed by atoms with van der Waals surface area (Å²) in [5.41, 5.74) is 4.87. The van der Waals surface area contributed by atoms with Gasteiger partial charge in [-0.15, -0.1) is 11.3 Å². The van der Waals surface area contributed by atoms with E-state index in [-0.39, 0.29) is 9.92 Å². The van der Waals surface area contributed by atoms with E-state index in [1.165, 1.54) is 31.0 Å². The molecule has 28 heavy (non-hydrogen) atoms. The van der Waals surface area contributed by atoms with Crippen LogP contribution in [0.3, 0.4) is 0 Å². The monoisotopic (exact) mass is 435 g/mol. The van der Waals surface area contributed by atoms with Crippen molar-refractivity contribution >= 4 is 38.6 Å². The number of aromatic nitrogens is 1. The quantitative estimate of drug-likeness (QED) is 0.605. The standard InChI is InChI=1S/C20H22ClN3O2S2/c1-13-6-9-17(14(2)10-13)22-20-24(5)18(12-27-20)15-7-8-16(21)19(11-15)28(25,26)23(3)4/h6-12H,1-5H3/b22-20+. The summed E-state index contributed by atoms with van der Waals surface area (Å²) in [4.78, 5) is 5.69. The van der Waals surface area contributed by atoms with Crippen LogP contribution in [0, 0.1) is 13.8 Å². The van der Waals surface area contributed by atoms with Crippen LogP contribution in [0.4, 0.5) is 5.69 Å². The third-order valence-electron chi connectivity index (χ3n) is 4.48. The molecule has 3 aromatic rings. The number of sulfonamides is 1. The van der Waals surface area contributed by atoms with E-state index in [0.717, 1.165) is 31.6 Å². The van der Waals surface area contributed by atoms with Gasteiger partial charge in [-0.25, -0.2) is 17.7 Å². The lowest BCUT2D eigenvalue weighted by Crippen LogP contribution is -2.22. The van der Waals surface area contributed by atoms with Crippen LogP contribution in [-0.2, 0) is 17.1 Å². The minimum atomic E-state index is -3.63. The molecule has 0 bridgehead atoms. The highest BCUT2D eigenvalue weighted by molar-refractivity contribution is 7.89. The Kier molecular flexibility index (Phi) is 5.82. The van der Waals surface area contributed by atoms with Crippen LogP contribution in [0.2, 0.25) is 5.02 Å². The first kappa shape index (κ1) is 20.8.